The Bertz CT molecular complexity index is 311. The van der Waals surface area contributed by atoms with Gasteiger partial charge in [0.05, 0.1) is 0 Å². The van der Waals surface area contributed by atoms with Gasteiger partial charge < -0.3 is 2.85 Å². The zero-order valence-electron chi connectivity index (χ0n) is 9.30. The van der Waals surface area contributed by atoms with Crippen molar-refractivity contribution >= 4 is 0 Å². The second kappa shape index (κ2) is 3.70. The van der Waals surface area contributed by atoms with Crippen molar-refractivity contribution in [2.24, 2.45) is 0 Å². The molecule has 0 aromatic heterocycles. The molecule has 0 bridgehead atoms. The molecule has 0 aromatic carbocycles. The van der Waals surface area contributed by atoms with E-state index in [9.17, 15) is 0 Å². The van der Waals surface area contributed by atoms with E-state index < -0.39 is 0 Å². The van der Waals surface area contributed by atoms with Crippen molar-refractivity contribution in [3.05, 3.63) is 42.5 Å². The Labute approximate surface area is 88.3 Å². The van der Waals surface area contributed by atoms with Crippen molar-refractivity contribution in [3.8, 4) is 0 Å². The number of rotatable bonds is 2. The van der Waals surface area contributed by atoms with Gasteiger partial charge in [-0.15, -0.1) is 0 Å². The molecule has 2 aliphatic carbocycles. The van der Waals surface area contributed by atoms with Gasteiger partial charge in [-0.1, -0.05) is 0 Å². The van der Waals surface area contributed by atoms with Gasteiger partial charge in [-0.25, -0.2) is 0 Å². The van der Waals surface area contributed by atoms with Crippen LogP contribution in [-0.2, 0) is 23.2 Å². The Morgan fingerprint density at radius 3 is 2.83 bits per heavy atom. The largest absolute Gasteiger partial charge is 1.00 e. The van der Waals surface area contributed by atoms with Gasteiger partial charge in [0.1, 0.15) is 0 Å². The minimum absolute atomic E-state index is 0. The summed E-state index contributed by atoms with van der Waals surface area (Å²) in [5.74, 6) is 0. The van der Waals surface area contributed by atoms with Crippen LogP contribution in [0.5, 0.6) is 0 Å². The molecule has 0 radical (unpaired) electrons. The van der Waals surface area contributed by atoms with E-state index in [4.69, 9.17) is 0 Å². The van der Waals surface area contributed by atoms with Gasteiger partial charge in [0.2, 0.25) is 0 Å². The van der Waals surface area contributed by atoms with Crippen LogP contribution in [0.25, 0.3) is 0 Å². The predicted molar refractivity (Wildman–Crippen MR) is 50.5 cm³/mol. The smallest absolute Gasteiger partial charge is 1.00 e. The maximum absolute atomic E-state index is 2.32. The van der Waals surface area contributed by atoms with Gasteiger partial charge in [-0.05, 0) is 0 Å². The normalized spacial score (nSPS) is 20.2. The summed E-state index contributed by atoms with van der Waals surface area (Å²) in [5, 5.41) is 0. The average molecular weight is 237 g/mol. The molecule has 0 spiro atoms. The minimum Gasteiger partial charge on any atom is -1.00 e. The van der Waals surface area contributed by atoms with Crippen LogP contribution in [0.15, 0.2) is 42.5 Å². The maximum atomic E-state index is 2.32. The summed E-state index contributed by atoms with van der Waals surface area (Å²) < 4.78 is 3.50. The monoisotopic (exact) mass is 236 g/mol. The summed E-state index contributed by atoms with van der Waals surface area (Å²) in [7, 11) is 0. The van der Waals surface area contributed by atoms with Crippen LogP contribution >= 0.6 is 0 Å². The van der Waals surface area contributed by atoms with Gasteiger partial charge >= 0.3 is 85.5 Å². The summed E-state index contributed by atoms with van der Waals surface area (Å²) in [6.07, 6.45) is 13.9. The molecule has 0 N–H and O–H groups in total. The number of allylic oxidation sites excluding steroid dienone is 8. The second-order valence-electron chi connectivity index (χ2n) is 3.22. The number of hydrogen-bond donors (Lipinski definition) is 0. The molecule has 1 heteroatoms. The molecule has 62 valence electrons. The van der Waals surface area contributed by atoms with Crippen molar-refractivity contribution in [3.63, 3.8) is 0 Å². The first kappa shape index (κ1) is 8.44. The zero-order chi connectivity index (χ0) is 8.39. The third-order valence-electron chi connectivity index (χ3n) is 2.25. The number of hydrogen-bond acceptors (Lipinski definition) is 0. The van der Waals surface area contributed by atoms with Crippen LogP contribution in [0.3, 0.4) is 0 Å². The summed E-state index contributed by atoms with van der Waals surface area (Å²) in [6.45, 7) is 2.25. The van der Waals surface area contributed by atoms with Crippen molar-refractivity contribution < 1.29 is 26.1 Å². The molecule has 2 aliphatic rings. The average Bonchev–Trinajstić information content (AvgIpc) is 2.65. The Hall–Kier alpha value is -0.157. The standard InChI is InChI=1S/C6H7.C5H5.Zr.2H/c1-6-4-2-3-5-6;1-2-4-5-3-1;;;/h2,4H,3H2,1H3;1-3H,4H2;;;/q;;+2;2*-1. The van der Waals surface area contributed by atoms with Crippen molar-refractivity contribution in [2.45, 2.75) is 19.8 Å². The van der Waals surface area contributed by atoms with E-state index in [1.807, 2.05) is 0 Å². The Balaban J connectivity index is 0.000000845. The summed E-state index contributed by atoms with van der Waals surface area (Å²) in [4.78, 5) is 0. The molecule has 0 nitrogen and oxygen atoms in total. The first-order valence-electron chi connectivity index (χ1n) is 4.35. The van der Waals surface area contributed by atoms with E-state index in [0.717, 1.165) is 0 Å². The van der Waals surface area contributed by atoms with Crippen molar-refractivity contribution in [1.82, 2.24) is 0 Å². The minimum atomic E-state index is -0.348. The van der Waals surface area contributed by atoms with E-state index in [0.29, 0.717) is 0 Å². The van der Waals surface area contributed by atoms with Crippen LogP contribution in [0.2, 0.25) is 0 Å². The first-order valence-corrected chi connectivity index (χ1v) is 6.81. The summed E-state index contributed by atoms with van der Waals surface area (Å²) >= 11 is -0.348. The van der Waals surface area contributed by atoms with Gasteiger partial charge in [0.25, 0.3) is 0 Å². The first-order chi connectivity index (χ1) is 5.86. The predicted octanol–water partition coefficient (Wildman–Crippen LogP) is 3.37. The van der Waals surface area contributed by atoms with E-state index in [1.165, 1.54) is 12.8 Å². The van der Waals surface area contributed by atoms with Crippen LogP contribution in [0.1, 0.15) is 22.6 Å². The van der Waals surface area contributed by atoms with Crippen LogP contribution in [-0.4, -0.2) is 0 Å². The molecule has 0 aliphatic heterocycles. The molecule has 0 unspecified atom stereocenters. The molecule has 0 amide bonds. The van der Waals surface area contributed by atoms with E-state index in [1.54, 1.807) is 12.1 Å². The van der Waals surface area contributed by atoms with E-state index in [2.05, 4.69) is 37.3 Å². The molecule has 12 heavy (non-hydrogen) atoms. The van der Waals surface area contributed by atoms with Crippen LogP contribution in [0, 0.1) is 0 Å². The quantitative estimate of drug-likeness (QED) is 0.691. The van der Waals surface area contributed by atoms with Crippen molar-refractivity contribution in [1.29, 1.82) is 0 Å². The third-order valence-corrected chi connectivity index (χ3v) is 6.16. The SMILES string of the molecule is CC1=[C]([Zr+2][C]2=CC=CC2)CC=C1.[H-].[H-]. The van der Waals surface area contributed by atoms with Gasteiger partial charge in [0.15, 0.2) is 0 Å². The molecule has 0 aromatic rings. The van der Waals surface area contributed by atoms with Gasteiger partial charge in [0, 0.05) is 0 Å². The summed E-state index contributed by atoms with van der Waals surface area (Å²) in [6, 6.07) is 0. The Morgan fingerprint density at radius 1 is 1.33 bits per heavy atom. The van der Waals surface area contributed by atoms with Gasteiger partial charge in [-0.2, -0.15) is 0 Å². The molecule has 0 atom stereocenters. The molecule has 0 saturated heterocycles. The fourth-order valence-electron chi connectivity index (χ4n) is 1.50. The van der Waals surface area contributed by atoms with Gasteiger partial charge in [-0.3, -0.25) is 0 Å². The van der Waals surface area contributed by atoms with Crippen molar-refractivity contribution in [2.75, 3.05) is 0 Å². The third kappa shape index (κ3) is 1.77. The molecular weight excluding hydrogens is 223 g/mol. The summed E-state index contributed by atoms with van der Waals surface area (Å²) in [5.41, 5.74) is 1.55. The fourth-order valence-corrected chi connectivity index (χ4v) is 4.66. The Morgan fingerprint density at radius 2 is 2.25 bits per heavy atom. The van der Waals surface area contributed by atoms with Crippen LogP contribution in [0.4, 0.5) is 0 Å². The fraction of sp³-hybridized carbons (Fsp3) is 0.273. The topological polar surface area (TPSA) is 0 Å². The van der Waals surface area contributed by atoms with E-state index >= 15 is 0 Å². The zero-order valence-corrected chi connectivity index (χ0v) is 9.76. The molecule has 0 fully saturated rings. The van der Waals surface area contributed by atoms with Crippen LogP contribution < -0.4 is 0 Å². The maximum Gasteiger partial charge on any atom is -1.00 e. The second-order valence-corrected chi connectivity index (χ2v) is 6.89. The molecular formula is C11H14Zr. The Kier molecular flexibility index (Phi) is 2.61. The molecule has 0 saturated carbocycles. The molecule has 2 rings (SSSR count). The molecule has 0 heterocycles. The van der Waals surface area contributed by atoms with E-state index in [-0.39, 0.29) is 26.1 Å².